The van der Waals surface area contributed by atoms with Crippen molar-refractivity contribution in [3.63, 3.8) is 0 Å². The minimum absolute atomic E-state index is 0.0194. The quantitative estimate of drug-likeness (QED) is 0.205. The highest BCUT2D eigenvalue weighted by Crippen LogP contribution is 2.43. The van der Waals surface area contributed by atoms with E-state index in [1.807, 2.05) is 18.3 Å². The van der Waals surface area contributed by atoms with Gasteiger partial charge in [0.05, 0.1) is 11.8 Å². The Hall–Kier alpha value is -4.63. The highest BCUT2D eigenvalue weighted by molar-refractivity contribution is 6.12. The van der Waals surface area contributed by atoms with Crippen LogP contribution in [0.3, 0.4) is 0 Å². The number of nitrogens with zero attached hydrogens (tertiary/aromatic N) is 1. The molecule has 3 heteroatoms. The summed E-state index contributed by atoms with van der Waals surface area (Å²) < 4.78 is 5.98. The molecule has 256 valence electrons. The molecular weight excluding hydrogens is 609 g/mol. The molecule has 0 bridgehead atoms. The zero-order chi connectivity index (χ0) is 36.0. The third-order valence-electron chi connectivity index (χ3n) is 10.3. The number of benzene rings is 4. The van der Waals surface area contributed by atoms with Gasteiger partial charge in [0.1, 0.15) is 5.69 Å². The molecule has 0 amide bonds. The summed E-state index contributed by atoms with van der Waals surface area (Å²) in [5.41, 5.74) is 15.2. The van der Waals surface area contributed by atoms with Crippen molar-refractivity contribution >= 4 is 32.8 Å². The number of nitrogens with one attached hydrogen (secondary N) is 1. The fourth-order valence-corrected chi connectivity index (χ4v) is 6.97. The maximum Gasteiger partial charge on any atom is 0.160 e. The van der Waals surface area contributed by atoms with Crippen LogP contribution >= 0.6 is 0 Å². The van der Waals surface area contributed by atoms with Crippen LogP contribution in [0.5, 0.6) is 0 Å². The molecule has 0 spiro atoms. The van der Waals surface area contributed by atoms with E-state index in [1.54, 1.807) is 6.26 Å². The number of hydrogen-bond acceptors (Lipinski definition) is 2. The van der Waals surface area contributed by atoms with E-state index in [0.29, 0.717) is 0 Å². The molecule has 0 aliphatic carbocycles. The first-order chi connectivity index (χ1) is 23.3. The SMILES string of the molecule is CC(C)(C)c1cc(-c2cc(-c3nccc4ccoc34)cc(C(C)(C)C)c2)cc(-c2cc(C(C)(C)C)cc3c2[nH]c2ccc(C(C)(C)C)cc23)c1. The van der Waals surface area contributed by atoms with Crippen LogP contribution in [-0.4, -0.2) is 9.97 Å². The molecule has 7 aromatic rings. The van der Waals surface area contributed by atoms with Gasteiger partial charge in [0.15, 0.2) is 5.58 Å². The van der Waals surface area contributed by atoms with E-state index in [1.165, 1.54) is 66.3 Å². The summed E-state index contributed by atoms with van der Waals surface area (Å²) in [6.45, 7) is 27.6. The number of aromatic amines is 1. The molecule has 0 atom stereocenters. The average molecular weight is 661 g/mol. The van der Waals surface area contributed by atoms with Gasteiger partial charge in [0.2, 0.25) is 0 Å². The molecule has 0 fully saturated rings. The van der Waals surface area contributed by atoms with Crippen molar-refractivity contribution in [3.8, 4) is 33.5 Å². The van der Waals surface area contributed by atoms with Gasteiger partial charge in [-0.25, -0.2) is 0 Å². The molecule has 4 aromatic carbocycles. The molecule has 7 rings (SSSR count). The third-order valence-corrected chi connectivity index (χ3v) is 10.3. The average Bonchev–Trinajstić information content (AvgIpc) is 3.67. The van der Waals surface area contributed by atoms with Crippen molar-refractivity contribution in [2.75, 3.05) is 0 Å². The van der Waals surface area contributed by atoms with Crippen LogP contribution in [0, 0.1) is 0 Å². The largest absolute Gasteiger partial charge is 0.462 e. The van der Waals surface area contributed by atoms with Gasteiger partial charge in [-0.3, -0.25) is 4.98 Å². The van der Waals surface area contributed by atoms with Crippen LogP contribution in [0.15, 0.2) is 95.7 Å². The zero-order valence-corrected chi connectivity index (χ0v) is 32.0. The van der Waals surface area contributed by atoms with Gasteiger partial charge in [0, 0.05) is 39.0 Å². The lowest BCUT2D eigenvalue weighted by molar-refractivity contribution is 0.589. The molecule has 3 nitrogen and oxygen atoms in total. The van der Waals surface area contributed by atoms with Gasteiger partial charge in [0.25, 0.3) is 0 Å². The van der Waals surface area contributed by atoms with Gasteiger partial charge >= 0.3 is 0 Å². The van der Waals surface area contributed by atoms with Crippen molar-refractivity contribution in [2.45, 2.75) is 105 Å². The summed E-state index contributed by atoms with van der Waals surface area (Å²) in [5.74, 6) is 0. The summed E-state index contributed by atoms with van der Waals surface area (Å²) in [7, 11) is 0. The topological polar surface area (TPSA) is 41.8 Å². The minimum Gasteiger partial charge on any atom is -0.462 e. The number of pyridine rings is 1. The van der Waals surface area contributed by atoms with E-state index in [0.717, 1.165) is 22.2 Å². The van der Waals surface area contributed by atoms with Crippen LogP contribution in [-0.2, 0) is 21.7 Å². The highest BCUT2D eigenvalue weighted by atomic mass is 16.3. The maximum absolute atomic E-state index is 5.98. The van der Waals surface area contributed by atoms with Gasteiger partial charge in [-0.2, -0.15) is 0 Å². The number of aromatic nitrogens is 2. The predicted octanol–water partition coefficient (Wildman–Crippen LogP) is 13.7. The Morgan fingerprint density at radius 1 is 0.500 bits per heavy atom. The Morgan fingerprint density at radius 2 is 1.04 bits per heavy atom. The van der Waals surface area contributed by atoms with Crippen LogP contribution in [0.4, 0.5) is 0 Å². The molecule has 0 unspecified atom stereocenters. The summed E-state index contributed by atoms with van der Waals surface area (Å²) in [6, 6.07) is 29.9. The van der Waals surface area contributed by atoms with Crippen molar-refractivity contribution in [1.29, 1.82) is 0 Å². The van der Waals surface area contributed by atoms with E-state index in [-0.39, 0.29) is 21.7 Å². The number of H-pyrrole nitrogens is 1. The summed E-state index contributed by atoms with van der Waals surface area (Å²) in [5, 5.41) is 3.63. The monoisotopic (exact) mass is 660 g/mol. The van der Waals surface area contributed by atoms with Crippen molar-refractivity contribution in [1.82, 2.24) is 9.97 Å². The van der Waals surface area contributed by atoms with Gasteiger partial charge in [-0.15, -0.1) is 0 Å². The molecule has 0 aliphatic rings. The first kappa shape index (κ1) is 33.8. The van der Waals surface area contributed by atoms with E-state index in [9.17, 15) is 0 Å². The first-order valence-electron chi connectivity index (χ1n) is 18.0. The lowest BCUT2D eigenvalue weighted by Gasteiger charge is -2.25. The first-order valence-corrected chi connectivity index (χ1v) is 18.0. The highest BCUT2D eigenvalue weighted by Gasteiger charge is 2.24. The van der Waals surface area contributed by atoms with Crippen LogP contribution in [0.2, 0.25) is 0 Å². The van der Waals surface area contributed by atoms with Crippen LogP contribution in [0.25, 0.3) is 66.3 Å². The minimum atomic E-state index is -0.0598. The smallest absolute Gasteiger partial charge is 0.160 e. The Bertz CT molecular complexity index is 2410. The molecule has 3 heterocycles. The molecule has 0 saturated heterocycles. The molecule has 3 aromatic heterocycles. The fraction of sp³-hybridized carbons (Fsp3) is 0.340. The zero-order valence-electron chi connectivity index (χ0n) is 32.0. The molecular formula is C47H52N2O. The second-order valence-electron chi connectivity index (χ2n) is 18.4. The molecule has 50 heavy (non-hydrogen) atoms. The van der Waals surface area contributed by atoms with Gasteiger partial charge in [-0.1, -0.05) is 107 Å². The lowest BCUT2D eigenvalue weighted by atomic mass is 9.80. The van der Waals surface area contributed by atoms with E-state index in [4.69, 9.17) is 9.40 Å². The van der Waals surface area contributed by atoms with Crippen molar-refractivity contribution in [2.24, 2.45) is 0 Å². The number of fused-ring (bicyclic) bond motifs is 4. The number of rotatable bonds is 3. The second-order valence-corrected chi connectivity index (χ2v) is 18.4. The van der Waals surface area contributed by atoms with Gasteiger partial charge in [-0.05, 0) is 115 Å². The predicted molar refractivity (Wildman–Crippen MR) is 214 cm³/mol. The molecule has 0 aliphatic heterocycles. The van der Waals surface area contributed by atoms with E-state index >= 15 is 0 Å². The lowest BCUT2D eigenvalue weighted by Crippen LogP contribution is -2.13. The van der Waals surface area contributed by atoms with E-state index in [2.05, 4.69) is 155 Å². The maximum atomic E-state index is 5.98. The van der Waals surface area contributed by atoms with Crippen LogP contribution in [0.1, 0.15) is 105 Å². The van der Waals surface area contributed by atoms with E-state index < -0.39 is 0 Å². The van der Waals surface area contributed by atoms with Crippen molar-refractivity contribution < 1.29 is 4.42 Å². The van der Waals surface area contributed by atoms with Gasteiger partial charge < -0.3 is 9.40 Å². The summed E-state index contributed by atoms with van der Waals surface area (Å²) >= 11 is 0. The Balaban J connectivity index is 1.52. The second kappa shape index (κ2) is 11.5. The molecule has 0 radical (unpaired) electrons. The fourth-order valence-electron chi connectivity index (χ4n) is 6.97. The van der Waals surface area contributed by atoms with Crippen LogP contribution < -0.4 is 0 Å². The molecule has 0 saturated carbocycles. The Kier molecular flexibility index (Phi) is 7.75. The van der Waals surface area contributed by atoms with Crippen molar-refractivity contribution in [3.05, 3.63) is 114 Å². The summed E-state index contributed by atoms with van der Waals surface area (Å²) in [6.07, 6.45) is 3.64. The number of furan rings is 1. The standard InChI is InChI=1S/C47H52N2O/c1-44(2,3)33-13-14-40-38(25-33)39-27-36(47(10,11)12)26-37(42(39)49-40)31-19-29(21-34(23-31)45(4,5)6)30-20-32(24-35(22-30)46(7,8)9)41-43-28(15-17-48-41)16-18-50-43/h13-27,49H,1-12H3. The summed E-state index contributed by atoms with van der Waals surface area (Å²) in [4.78, 5) is 8.72. The third kappa shape index (κ3) is 6.17. The Morgan fingerprint density at radius 3 is 1.66 bits per heavy atom. The molecule has 1 N–H and O–H groups in total. The Labute approximate surface area is 298 Å². The number of hydrogen-bond donors (Lipinski definition) is 1. The normalized spacial score (nSPS) is 13.2.